The van der Waals surface area contributed by atoms with Crippen LogP contribution in [0.1, 0.15) is 60.5 Å². The van der Waals surface area contributed by atoms with Crippen molar-refractivity contribution in [3.8, 4) is 0 Å². The van der Waals surface area contributed by atoms with E-state index >= 15 is 4.39 Å². The van der Waals surface area contributed by atoms with Crippen LogP contribution < -0.4 is 10.3 Å². The Bertz CT molecular complexity index is 1070. The zero-order chi connectivity index (χ0) is 18.9. The summed E-state index contributed by atoms with van der Waals surface area (Å²) in [5.74, 6) is -1.99. The van der Waals surface area contributed by atoms with Crippen LogP contribution in [-0.4, -0.2) is 27.6 Å². The Labute approximate surface area is 154 Å². The number of amides is 1. The van der Waals surface area contributed by atoms with Crippen LogP contribution in [0.15, 0.2) is 17.1 Å². The standard InChI is InChI=1S/C20H19FN2O4/c21-15-8-13-17(22(10-4-5-10)9-14(19(13)25)20(26)27)12-3-1-2-11-6-7-16(24)23(11)18(12)15/h8-11H,1-7H2,(H,26,27)/t11-/m1/s1. The van der Waals surface area contributed by atoms with Crippen LogP contribution in [0, 0.1) is 5.82 Å². The number of aromatic nitrogens is 1. The first-order valence-corrected chi connectivity index (χ1v) is 9.43. The summed E-state index contributed by atoms with van der Waals surface area (Å²) in [4.78, 5) is 38.3. The van der Waals surface area contributed by atoms with Gasteiger partial charge in [-0.1, -0.05) is 0 Å². The Morgan fingerprint density at radius 3 is 2.59 bits per heavy atom. The Morgan fingerprint density at radius 1 is 1.11 bits per heavy atom. The zero-order valence-corrected chi connectivity index (χ0v) is 14.7. The van der Waals surface area contributed by atoms with Crippen LogP contribution >= 0.6 is 0 Å². The summed E-state index contributed by atoms with van der Waals surface area (Å²) in [6.07, 6.45) is 6.52. The van der Waals surface area contributed by atoms with Crippen LogP contribution in [0.25, 0.3) is 10.9 Å². The summed E-state index contributed by atoms with van der Waals surface area (Å²) in [5.41, 5.74) is 0.569. The number of hydrogen-bond acceptors (Lipinski definition) is 3. The van der Waals surface area contributed by atoms with Gasteiger partial charge in [-0.15, -0.1) is 0 Å². The van der Waals surface area contributed by atoms with Gasteiger partial charge in [0.1, 0.15) is 11.4 Å². The van der Waals surface area contributed by atoms with Crippen LogP contribution in [0.2, 0.25) is 0 Å². The van der Waals surface area contributed by atoms with Crippen LogP contribution in [0.3, 0.4) is 0 Å². The van der Waals surface area contributed by atoms with E-state index in [1.54, 1.807) is 4.90 Å². The van der Waals surface area contributed by atoms with Gasteiger partial charge < -0.3 is 14.6 Å². The number of carbonyl (C=O) groups excluding carboxylic acids is 1. The van der Waals surface area contributed by atoms with Gasteiger partial charge in [0.15, 0.2) is 0 Å². The molecule has 1 N–H and O–H groups in total. The van der Waals surface area contributed by atoms with Crippen LogP contribution in [-0.2, 0) is 11.2 Å². The quantitative estimate of drug-likeness (QED) is 0.881. The SMILES string of the molecule is O=C(O)c1cn(C2CC2)c2c3c(c(F)cc2c1=O)N1C(=O)CC[C@H]1CCC3. The molecule has 6 nitrogen and oxygen atoms in total. The molecule has 2 aliphatic heterocycles. The lowest BCUT2D eigenvalue weighted by Gasteiger charge is -2.26. The monoisotopic (exact) mass is 370 g/mol. The predicted molar refractivity (Wildman–Crippen MR) is 96.8 cm³/mol. The second-order valence-corrected chi connectivity index (χ2v) is 7.75. The molecule has 0 unspecified atom stereocenters. The third-order valence-corrected chi connectivity index (χ3v) is 6.04. The molecular formula is C20H19FN2O4. The van der Waals surface area contributed by atoms with Crippen LogP contribution in [0.4, 0.5) is 10.1 Å². The van der Waals surface area contributed by atoms with Crippen molar-refractivity contribution in [2.45, 2.75) is 57.0 Å². The van der Waals surface area contributed by atoms with E-state index in [1.807, 2.05) is 4.57 Å². The van der Waals surface area contributed by atoms with Gasteiger partial charge in [0, 0.05) is 35.7 Å². The number of benzene rings is 1. The second kappa shape index (κ2) is 5.65. The van der Waals surface area contributed by atoms with E-state index in [4.69, 9.17) is 0 Å². The molecule has 7 heteroatoms. The number of rotatable bonds is 2. The molecule has 2 fully saturated rings. The molecule has 3 heterocycles. The molecule has 0 radical (unpaired) electrons. The van der Waals surface area contributed by atoms with E-state index in [1.165, 1.54) is 6.20 Å². The maximum atomic E-state index is 15.2. The Hall–Kier alpha value is -2.70. The van der Waals surface area contributed by atoms with Crippen molar-refractivity contribution in [2.75, 3.05) is 4.90 Å². The minimum Gasteiger partial charge on any atom is -0.477 e. The van der Waals surface area contributed by atoms with Crippen molar-refractivity contribution in [2.24, 2.45) is 0 Å². The number of aromatic carboxylic acids is 1. The first-order chi connectivity index (χ1) is 13.0. The maximum Gasteiger partial charge on any atom is 0.341 e. The summed E-state index contributed by atoms with van der Waals surface area (Å²) < 4.78 is 17.0. The Morgan fingerprint density at radius 2 is 1.89 bits per heavy atom. The number of anilines is 1. The first-order valence-electron chi connectivity index (χ1n) is 9.43. The molecule has 1 aromatic carbocycles. The molecule has 1 aromatic heterocycles. The van der Waals surface area contributed by atoms with Crippen molar-refractivity contribution < 1.29 is 19.1 Å². The number of carboxylic acids is 1. The molecule has 0 bridgehead atoms. The van der Waals surface area contributed by atoms with Crippen molar-refractivity contribution in [1.82, 2.24) is 4.57 Å². The van der Waals surface area contributed by atoms with E-state index in [0.717, 1.165) is 38.2 Å². The highest BCUT2D eigenvalue weighted by Gasteiger charge is 2.38. The van der Waals surface area contributed by atoms with Gasteiger partial charge in [-0.05, 0) is 44.6 Å². The molecule has 0 spiro atoms. The van der Waals surface area contributed by atoms with Gasteiger partial charge >= 0.3 is 5.97 Å². The number of halogens is 1. The van der Waals surface area contributed by atoms with E-state index < -0.39 is 17.2 Å². The Kier molecular flexibility index (Phi) is 3.44. The summed E-state index contributed by atoms with van der Waals surface area (Å²) in [5, 5.41) is 9.50. The number of aryl methyl sites for hydroxylation is 1. The lowest BCUT2D eigenvalue weighted by molar-refractivity contribution is -0.117. The first kappa shape index (κ1) is 16.5. The van der Waals surface area contributed by atoms with E-state index in [-0.39, 0.29) is 28.9 Å². The summed E-state index contributed by atoms with van der Waals surface area (Å²) >= 11 is 0. The Balaban J connectivity index is 1.89. The number of hydrogen-bond donors (Lipinski definition) is 1. The molecule has 1 aliphatic carbocycles. The number of carboxylic acid groups (broad SMARTS) is 1. The van der Waals surface area contributed by atoms with Crippen molar-refractivity contribution in [1.29, 1.82) is 0 Å². The van der Waals surface area contributed by atoms with Crippen molar-refractivity contribution >= 4 is 28.5 Å². The number of nitrogens with zero attached hydrogens (tertiary/aromatic N) is 2. The highest BCUT2D eigenvalue weighted by molar-refractivity contribution is 6.01. The molecule has 140 valence electrons. The van der Waals surface area contributed by atoms with Crippen molar-refractivity contribution in [3.63, 3.8) is 0 Å². The average Bonchev–Trinajstić information content (AvgIpc) is 3.42. The molecule has 3 aliphatic rings. The summed E-state index contributed by atoms with van der Waals surface area (Å²) in [7, 11) is 0. The smallest absolute Gasteiger partial charge is 0.341 e. The average molecular weight is 370 g/mol. The normalized spacial score (nSPS) is 21.9. The van der Waals surface area contributed by atoms with Gasteiger partial charge in [-0.3, -0.25) is 9.59 Å². The fraction of sp³-hybridized carbons (Fsp3) is 0.450. The molecule has 1 amide bonds. The minimum atomic E-state index is -1.30. The highest BCUT2D eigenvalue weighted by atomic mass is 19.1. The van der Waals surface area contributed by atoms with Gasteiger partial charge in [-0.25, -0.2) is 9.18 Å². The van der Waals surface area contributed by atoms with Gasteiger partial charge in [0.2, 0.25) is 11.3 Å². The van der Waals surface area contributed by atoms with E-state index in [2.05, 4.69) is 0 Å². The number of carbonyl (C=O) groups is 2. The van der Waals surface area contributed by atoms with Gasteiger partial charge in [0.05, 0.1) is 11.2 Å². The van der Waals surface area contributed by atoms with Crippen LogP contribution in [0.5, 0.6) is 0 Å². The second-order valence-electron chi connectivity index (χ2n) is 7.75. The van der Waals surface area contributed by atoms with Crippen molar-refractivity contribution in [3.05, 3.63) is 39.4 Å². The highest BCUT2D eigenvalue weighted by Crippen LogP contribution is 2.43. The molecule has 2 aromatic rings. The van der Waals surface area contributed by atoms with Gasteiger partial charge in [0.25, 0.3) is 0 Å². The molecule has 1 saturated heterocycles. The molecule has 1 atom stereocenters. The molecule has 5 rings (SSSR count). The lowest BCUT2D eigenvalue weighted by Crippen LogP contribution is -2.33. The number of pyridine rings is 1. The molecule has 1 saturated carbocycles. The fourth-order valence-electron chi connectivity index (χ4n) is 4.69. The summed E-state index contributed by atoms with van der Waals surface area (Å²) in [6, 6.07) is 1.26. The predicted octanol–water partition coefficient (Wildman–Crippen LogP) is 3.01. The maximum absolute atomic E-state index is 15.2. The number of fused-ring (bicyclic) bond motifs is 5. The lowest BCUT2D eigenvalue weighted by atomic mass is 9.99. The third kappa shape index (κ3) is 2.33. The fourth-order valence-corrected chi connectivity index (χ4v) is 4.69. The largest absolute Gasteiger partial charge is 0.477 e. The summed E-state index contributed by atoms with van der Waals surface area (Å²) in [6.45, 7) is 0. The molecular weight excluding hydrogens is 351 g/mol. The van der Waals surface area contributed by atoms with Gasteiger partial charge in [-0.2, -0.15) is 0 Å². The third-order valence-electron chi connectivity index (χ3n) is 6.04. The molecule has 27 heavy (non-hydrogen) atoms. The van der Waals surface area contributed by atoms with E-state index in [0.29, 0.717) is 29.6 Å². The van der Waals surface area contributed by atoms with E-state index in [9.17, 15) is 19.5 Å². The zero-order valence-electron chi connectivity index (χ0n) is 14.7. The minimum absolute atomic E-state index is 0.00471. The topological polar surface area (TPSA) is 79.6 Å².